The van der Waals surface area contributed by atoms with Crippen LogP contribution in [0.5, 0.6) is 0 Å². The summed E-state index contributed by atoms with van der Waals surface area (Å²) >= 11 is 7.61. The highest BCUT2D eigenvalue weighted by atomic mass is 35.5. The molecule has 0 fully saturated rings. The number of rotatable bonds is 5. The molecule has 0 aliphatic heterocycles. The fourth-order valence-corrected chi connectivity index (χ4v) is 3.24. The molecule has 1 aromatic heterocycles. The molecule has 1 aromatic carbocycles. The van der Waals surface area contributed by atoms with E-state index in [0.717, 1.165) is 15.6 Å². The van der Waals surface area contributed by atoms with E-state index < -0.39 is 12.0 Å². The minimum atomic E-state index is -0.681. The van der Waals surface area contributed by atoms with Crippen LogP contribution in [0.2, 0.25) is 5.02 Å². The highest BCUT2D eigenvalue weighted by molar-refractivity contribution is 7.17. The van der Waals surface area contributed by atoms with Crippen LogP contribution in [0.3, 0.4) is 0 Å². The second-order valence-electron chi connectivity index (χ2n) is 4.61. The SMILES string of the molecule is CCOC(=O)[C@@H](Cc1csc2ccc(Cl)cc12)NC(C)=O. The Balaban J connectivity index is 2.27. The van der Waals surface area contributed by atoms with E-state index in [1.165, 1.54) is 6.92 Å². The fourth-order valence-electron chi connectivity index (χ4n) is 2.11. The van der Waals surface area contributed by atoms with Crippen LogP contribution in [0.1, 0.15) is 19.4 Å². The molecule has 0 unspecified atom stereocenters. The van der Waals surface area contributed by atoms with Crippen molar-refractivity contribution in [1.82, 2.24) is 5.32 Å². The lowest BCUT2D eigenvalue weighted by molar-refractivity contribution is -0.147. The number of nitrogens with one attached hydrogen (secondary N) is 1. The number of amides is 1. The Morgan fingerprint density at radius 3 is 2.86 bits per heavy atom. The van der Waals surface area contributed by atoms with E-state index in [9.17, 15) is 9.59 Å². The zero-order valence-corrected chi connectivity index (χ0v) is 13.4. The van der Waals surface area contributed by atoms with Crippen LogP contribution in [-0.2, 0) is 20.7 Å². The molecule has 0 radical (unpaired) electrons. The first-order chi connectivity index (χ1) is 10.0. The average Bonchev–Trinajstić information content (AvgIpc) is 2.80. The molecular weight excluding hydrogens is 310 g/mol. The number of benzene rings is 1. The van der Waals surface area contributed by atoms with Crippen LogP contribution in [0, 0.1) is 0 Å². The van der Waals surface area contributed by atoms with Crippen LogP contribution < -0.4 is 5.32 Å². The molecule has 0 saturated carbocycles. The second kappa shape index (κ2) is 6.91. The van der Waals surface area contributed by atoms with Gasteiger partial charge in [-0.05, 0) is 41.5 Å². The summed E-state index contributed by atoms with van der Waals surface area (Å²) in [5.74, 6) is -0.681. The minimum absolute atomic E-state index is 0.259. The number of thiophene rings is 1. The molecule has 0 saturated heterocycles. The van der Waals surface area contributed by atoms with E-state index >= 15 is 0 Å². The summed E-state index contributed by atoms with van der Waals surface area (Å²) in [5.41, 5.74) is 0.976. The van der Waals surface area contributed by atoms with E-state index in [0.29, 0.717) is 11.4 Å². The van der Waals surface area contributed by atoms with Gasteiger partial charge in [-0.15, -0.1) is 11.3 Å². The van der Waals surface area contributed by atoms with Crippen molar-refractivity contribution in [2.24, 2.45) is 0 Å². The van der Waals surface area contributed by atoms with Crippen molar-refractivity contribution in [3.05, 3.63) is 34.2 Å². The van der Waals surface area contributed by atoms with Gasteiger partial charge in [0, 0.05) is 23.1 Å². The minimum Gasteiger partial charge on any atom is -0.464 e. The Hall–Kier alpha value is -1.59. The summed E-state index contributed by atoms with van der Waals surface area (Å²) in [5, 5.41) is 6.28. The van der Waals surface area contributed by atoms with Crippen LogP contribution in [0.15, 0.2) is 23.6 Å². The molecule has 0 aliphatic carbocycles. The zero-order chi connectivity index (χ0) is 15.4. The normalized spacial score (nSPS) is 12.1. The number of carbonyl (C=O) groups excluding carboxylic acids is 2. The summed E-state index contributed by atoms with van der Waals surface area (Å²) in [6.07, 6.45) is 0.388. The maximum absolute atomic E-state index is 11.9. The third-order valence-electron chi connectivity index (χ3n) is 2.99. The third-order valence-corrected chi connectivity index (χ3v) is 4.24. The topological polar surface area (TPSA) is 55.4 Å². The summed E-state index contributed by atoms with van der Waals surface area (Å²) in [4.78, 5) is 23.2. The van der Waals surface area contributed by atoms with Crippen molar-refractivity contribution in [1.29, 1.82) is 0 Å². The highest BCUT2D eigenvalue weighted by Gasteiger charge is 2.22. The maximum Gasteiger partial charge on any atom is 0.328 e. The Kier molecular flexibility index (Phi) is 5.20. The van der Waals surface area contributed by atoms with Gasteiger partial charge in [0.05, 0.1) is 6.61 Å². The fraction of sp³-hybridized carbons (Fsp3) is 0.333. The van der Waals surface area contributed by atoms with Crippen LogP contribution >= 0.6 is 22.9 Å². The summed E-state index contributed by atoms with van der Waals surface area (Å²) in [6, 6.07) is 4.97. The van der Waals surface area contributed by atoms with Gasteiger partial charge in [0.1, 0.15) is 6.04 Å². The molecule has 0 aliphatic rings. The van der Waals surface area contributed by atoms with E-state index in [2.05, 4.69) is 5.32 Å². The molecule has 1 N–H and O–H groups in total. The highest BCUT2D eigenvalue weighted by Crippen LogP contribution is 2.29. The standard InChI is InChI=1S/C15H16ClNO3S/c1-3-20-15(19)13(17-9(2)18)6-10-8-21-14-5-4-11(16)7-12(10)14/h4-5,7-8,13H,3,6H2,1-2H3,(H,17,18)/t13-/m1/s1. The number of ether oxygens (including phenoxy) is 1. The molecule has 21 heavy (non-hydrogen) atoms. The summed E-state index contributed by atoms with van der Waals surface area (Å²) < 4.78 is 6.11. The van der Waals surface area contributed by atoms with E-state index in [1.807, 2.05) is 23.6 Å². The van der Waals surface area contributed by atoms with E-state index in [4.69, 9.17) is 16.3 Å². The first kappa shape index (κ1) is 15.8. The van der Waals surface area contributed by atoms with Gasteiger partial charge < -0.3 is 10.1 Å². The lowest BCUT2D eigenvalue weighted by Crippen LogP contribution is -2.42. The number of hydrogen-bond acceptors (Lipinski definition) is 4. The molecular formula is C15H16ClNO3S. The quantitative estimate of drug-likeness (QED) is 0.859. The number of esters is 1. The van der Waals surface area contributed by atoms with Crippen molar-refractivity contribution in [2.75, 3.05) is 6.61 Å². The molecule has 0 bridgehead atoms. The van der Waals surface area contributed by atoms with Gasteiger partial charge in [-0.2, -0.15) is 0 Å². The monoisotopic (exact) mass is 325 g/mol. The molecule has 1 heterocycles. The van der Waals surface area contributed by atoms with Crippen molar-refractivity contribution in [2.45, 2.75) is 26.3 Å². The average molecular weight is 326 g/mol. The van der Waals surface area contributed by atoms with Gasteiger partial charge in [-0.25, -0.2) is 4.79 Å². The molecule has 6 heteroatoms. The van der Waals surface area contributed by atoms with Crippen molar-refractivity contribution < 1.29 is 14.3 Å². The maximum atomic E-state index is 11.9. The lowest BCUT2D eigenvalue weighted by Gasteiger charge is -2.16. The number of carbonyl (C=O) groups is 2. The van der Waals surface area contributed by atoms with Gasteiger partial charge in [0.25, 0.3) is 0 Å². The van der Waals surface area contributed by atoms with E-state index in [-0.39, 0.29) is 12.5 Å². The predicted molar refractivity (Wildman–Crippen MR) is 84.8 cm³/mol. The van der Waals surface area contributed by atoms with E-state index in [1.54, 1.807) is 18.3 Å². The molecule has 1 amide bonds. The lowest BCUT2D eigenvalue weighted by atomic mass is 10.0. The van der Waals surface area contributed by atoms with Crippen LogP contribution in [-0.4, -0.2) is 24.5 Å². The Morgan fingerprint density at radius 2 is 2.19 bits per heavy atom. The third kappa shape index (κ3) is 3.95. The van der Waals surface area contributed by atoms with Gasteiger partial charge in [0.2, 0.25) is 5.91 Å². The molecule has 1 atom stereocenters. The van der Waals surface area contributed by atoms with Crippen LogP contribution in [0.4, 0.5) is 0 Å². The Morgan fingerprint density at radius 1 is 1.43 bits per heavy atom. The number of hydrogen-bond donors (Lipinski definition) is 1. The summed E-state index contributed by atoms with van der Waals surface area (Å²) in [7, 11) is 0. The molecule has 2 rings (SSSR count). The molecule has 4 nitrogen and oxygen atoms in total. The molecule has 2 aromatic rings. The second-order valence-corrected chi connectivity index (χ2v) is 5.96. The largest absolute Gasteiger partial charge is 0.464 e. The van der Waals surface area contributed by atoms with Gasteiger partial charge in [0.15, 0.2) is 0 Å². The van der Waals surface area contributed by atoms with Gasteiger partial charge >= 0.3 is 5.97 Å². The molecule has 112 valence electrons. The van der Waals surface area contributed by atoms with Gasteiger partial charge in [-0.3, -0.25) is 4.79 Å². The van der Waals surface area contributed by atoms with Crippen molar-refractivity contribution in [3.8, 4) is 0 Å². The molecule has 0 spiro atoms. The van der Waals surface area contributed by atoms with Crippen LogP contribution in [0.25, 0.3) is 10.1 Å². The number of fused-ring (bicyclic) bond motifs is 1. The smallest absolute Gasteiger partial charge is 0.328 e. The van der Waals surface area contributed by atoms with Crippen molar-refractivity contribution in [3.63, 3.8) is 0 Å². The Bertz CT molecular complexity index is 668. The Labute approximate surface area is 132 Å². The number of halogens is 1. The zero-order valence-electron chi connectivity index (χ0n) is 11.8. The van der Waals surface area contributed by atoms with Crippen molar-refractivity contribution >= 4 is 44.9 Å². The predicted octanol–water partition coefficient (Wildman–Crippen LogP) is 3.17. The summed E-state index contributed by atoms with van der Waals surface area (Å²) in [6.45, 7) is 3.41. The first-order valence-corrected chi connectivity index (χ1v) is 7.86. The van der Waals surface area contributed by atoms with Gasteiger partial charge in [-0.1, -0.05) is 11.6 Å². The first-order valence-electron chi connectivity index (χ1n) is 6.60.